The smallest absolute Gasteiger partial charge is 0.332 e. The molecular weight excluding hydrogens is 322 g/mol. The Balaban J connectivity index is 1.73. The van der Waals surface area contributed by atoms with Gasteiger partial charge in [-0.1, -0.05) is 6.07 Å². The van der Waals surface area contributed by atoms with Gasteiger partial charge in [0.2, 0.25) is 0 Å². The molecule has 1 aliphatic rings. The van der Waals surface area contributed by atoms with Crippen LogP contribution in [-0.2, 0) is 31.7 Å². The van der Waals surface area contributed by atoms with E-state index in [1.807, 2.05) is 18.2 Å². The second-order valence-corrected chi connectivity index (χ2v) is 6.30. The third-order valence-electron chi connectivity index (χ3n) is 4.53. The average Bonchev–Trinajstić information content (AvgIpc) is 3.05. The molecule has 0 saturated carbocycles. The number of carbonyl (C=O) groups is 1. The molecule has 132 valence electrons. The van der Waals surface area contributed by atoms with Crippen LogP contribution in [0.15, 0.2) is 33.9 Å². The Bertz CT molecular complexity index is 942. The van der Waals surface area contributed by atoms with Crippen LogP contribution in [0.2, 0.25) is 0 Å². The number of carbonyl (C=O) groups excluding carboxylic acids is 1. The van der Waals surface area contributed by atoms with Crippen molar-refractivity contribution in [1.29, 1.82) is 0 Å². The van der Waals surface area contributed by atoms with Crippen LogP contribution in [-0.4, -0.2) is 21.1 Å². The molecule has 1 amide bonds. The Labute approximate surface area is 144 Å². The van der Waals surface area contributed by atoms with E-state index in [1.54, 1.807) is 6.92 Å². The lowest BCUT2D eigenvalue weighted by Gasteiger charge is -2.17. The summed E-state index contributed by atoms with van der Waals surface area (Å²) in [5.74, 6) is 0.354. The standard InChI is InChI=1S/C18H21N3O4/c1-11(25-14-8-7-12-5-4-6-13(12)9-14)17(23)19-15-10-16(22)21(3)18(24)20(15)2/h7-11H,4-6H2,1-3H3,(H,19,23)/t11-/m1/s1. The number of aryl methyl sites for hydroxylation is 2. The third-order valence-corrected chi connectivity index (χ3v) is 4.53. The first-order chi connectivity index (χ1) is 11.9. The van der Waals surface area contributed by atoms with Crippen molar-refractivity contribution in [3.8, 4) is 5.75 Å². The topological polar surface area (TPSA) is 82.3 Å². The Hall–Kier alpha value is -2.83. The molecule has 0 aliphatic heterocycles. The maximum absolute atomic E-state index is 12.3. The minimum atomic E-state index is -0.765. The Morgan fingerprint density at radius 1 is 1.12 bits per heavy atom. The van der Waals surface area contributed by atoms with Gasteiger partial charge >= 0.3 is 5.69 Å². The fraction of sp³-hybridized carbons (Fsp3) is 0.389. The Kier molecular flexibility index (Phi) is 4.48. The molecule has 1 heterocycles. The van der Waals surface area contributed by atoms with E-state index >= 15 is 0 Å². The minimum Gasteiger partial charge on any atom is -0.481 e. The van der Waals surface area contributed by atoms with Gasteiger partial charge in [0.15, 0.2) is 6.10 Å². The Morgan fingerprint density at radius 2 is 1.84 bits per heavy atom. The average molecular weight is 343 g/mol. The molecule has 0 unspecified atom stereocenters. The first-order valence-electron chi connectivity index (χ1n) is 8.23. The number of amides is 1. The van der Waals surface area contributed by atoms with Crippen LogP contribution in [0.4, 0.5) is 5.82 Å². The van der Waals surface area contributed by atoms with Gasteiger partial charge in [0.1, 0.15) is 11.6 Å². The number of rotatable bonds is 4. The zero-order valence-corrected chi connectivity index (χ0v) is 14.5. The molecule has 0 fully saturated rings. The van der Waals surface area contributed by atoms with E-state index in [1.165, 1.54) is 35.9 Å². The second kappa shape index (κ2) is 6.58. The van der Waals surface area contributed by atoms with Crippen LogP contribution < -0.4 is 21.3 Å². The summed E-state index contributed by atoms with van der Waals surface area (Å²) in [4.78, 5) is 36.0. The molecule has 1 aromatic carbocycles. The van der Waals surface area contributed by atoms with Gasteiger partial charge in [-0.25, -0.2) is 4.79 Å². The fourth-order valence-corrected chi connectivity index (χ4v) is 2.96. The quantitative estimate of drug-likeness (QED) is 0.897. The summed E-state index contributed by atoms with van der Waals surface area (Å²) in [5, 5.41) is 2.58. The number of benzene rings is 1. The van der Waals surface area contributed by atoms with Gasteiger partial charge in [0.05, 0.1) is 0 Å². The number of fused-ring (bicyclic) bond motifs is 1. The van der Waals surface area contributed by atoms with E-state index in [9.17, 15) is 14.4 Å². The highest BCUT2D eigenvalue weighted by molar-refractivity contribution is 5.93. The van der Waals surface area contributed by atoms with Gasteiger partial charge in [0.25, 0.3) is 11.5 Å². The molecule has 1 N–H and O–H groups in total. The van der Waals surface area contributed by atoms with E-state index < -0.39 is 23.3 Å². The number of hydrogen-bond acceptors (Lipinski definition) is 4. The molecule has 7 heteroatoms. The van der Waals surface area contributed by atoms with Gasteiger partial charge in [-0.05, 0) is 49.4 Å². The number of hydrogen-bond donors (Lipinski definition) is 1. The minimum absolute atomic E-state index is 0.141. The van der Waals surface area contributed by atoms with E-state index in [-0.39, 0.29) is 5.82 Å². The first kappa shape index (κ1) is 17.0. The summed E-state index contributed by atoms with van der Waals surface area (Å²) in [6.07, 6.45) is 2.50. The number of aromatic nitrogens is 2. The lowest BCUT2D eigenvalue weighted by atomic mass is 10.1. The molecule has 1 aromatic heterocycles. The molecule has 0 bridgehead atoms. The number of ether oxygens (including phenoxy) is 1. The van der Waals surface area contributed by atoms with Crippen molar-refractivity contribution in [2.75, 3.05) is 5.32 Å². The van der Waals surface area contributed by atoms with E-state index in [4.69, 9.17) is 4.74 Å². The van der Waals surface area contributed by atoms with Gasteiger partial charge in [-0.2, -0.15) is 0 Å². The van der Waals surface area contributed by atoms with Crippen LogP contribution in [0.1, 0.15) is 24.5 Å². The molecule has 2 aromatic rings. The summed E-state index contributed by atoms with van der Waals surface area (Å²) in [7, 11) is 2.87. The van der Waals surface area contributed by atoms with Gasteiger partial charge in [-0.3, -0.25) is 18.7 Å². The van der Waals surface area contributed by atoms with Crippen molar-refractivity contribution in [3.63, 3.8) is 0 Å². The Morgan fingerprint density at radius 3 is 2.60 bits per heavy atom. The van der Waals surface area contributed by atoms with Crippen molar-refractivity contribution >= 4 is 11.7 Å². The largest absolute Gasteiger partial charge is 0.481 e. The summed E-state index contributed by atoms with van der Waals surface area (Å²) >= 11 is 0. The molecule has 1 aliphatic carbocycles. The molecule has 25 heavy (non-hydrogen) atoms. The zero-order valence-electron chi connectivity index (χ0n) is 14.5. The van der Waals surface area contributed by atoms with Crippen LogP contribution in [0.5, 0.6) is 5.75 Å². The highest BCUT2D eigenvalue weighted by Gasteiger charge is 2.18. The van der Waals surface area contributed by atoms with Gasteiger partial charge < -0.3 is 10.1 Å². The second-order valence-electron chi connectivity index (χ2n) is 6.30. The summed E-state index contributed by atoms with van der Waals surface area (Å²) in [5.41, 5.74) is 1.61. The number of nitrogens with one attached hydrogen (secondary N) is 1. The third kappa shape index (κ3) is 3.35. The SMILES string of the molecule is C[C@@H](Oc1ccc2c(c1)CCC2)C(=O)Nc1cc(=O)n(C)c(=O)n1C. The van der Waals surface area contributed by atoms with Gasteiger partial charge in [-0.15, -0.1) is 0 Å². The maximum atomic E-state index is 12.3. The molecule has 0 radical (unpaired) electrons. The molecule has 0 saturated heterocycles. The lowest BCUT2D eigenvalue weighted by Crippen LogP contribution is -2.39. The van der Waals surface area contributed by atoms with E-state index in [0.717, 1.165) is 23.8 Å². The van der Waals surface area contributed by atoms with Gasteiger partial charge in [0, 0.05) is 20.2 Å². The molecule has 0 spiro atoms. The van der Waals surface area contributed by atoms with Crippen molar-refractivity contribution in [2.45, 2.75) is 32.3 Å². The summed E-state index contributed by atoms with van der Waals surface area (Å²) < 4.78 is 7.90. The predicted molar refractivity (Wildman–Crippen MR) is 94.1 cm³/mol. The van der Waals surface area contributed by atoms with E-state index in [0.29, 0.717) is 5.75 Å². The fourth-order valence-electron chi connectivity index (χ4n) is 2.96. The summed E-state index contributed by atoms with van der Waals surface area (Å²) in [6, 6.07) is 7.08. The summed E-state index contributed by atoms with van der Waals surface area (Å²) in [6.45, 7) is 1.63. The molecule has 3 rings (SSSR count). The highest BCUT2D eigenvalue weighted by Crippen LogP contribution is 2.26. The van der Waals surface area contributed by atoms with Crippen LogP contribution in [0.3, 0.4) is 0 Å². The number of anilines is 1. The van der Waals surface area contributed by atoms with Crippen LogP contribution in [0.25, 0.3) is 0 Å². The van der Waals surface area contributed by atoms with Crippen molar-refractivity contribution in [2.24, 2.45) is 14.1 Å². The van der Waals surface area contributed by atoms with Crippen molar-refractivity contribution in [3.05, 3.63) is 56.2 Å². The first-order valence-corrected chi connectivity index (χ1v) is 8.23. The van der Waals surface area contributed by atoms with Crippen molar-refractivity contribution < 1.29 is 9.53 Å². The predicted octanol–water partition coefficient (Wildman–Crippen LogP) is 0.979. The van der Waals surface area contributed by atoms with Crippen molar-refractivity contribution in [1.82, 2.24) is 9.13 Å². The normalized spacial score (nSPS) is 14.0. The van der Waals surface area contributed by atoms with E-state index in [2.05, 4.69) is 5.32 Å². The highest BCUT2D eigenvalue weighted by atomic mass is 16.5. The maximum Gasteiger partial charge on any atom is 0.332 e. The van der Waals surface area contributed by atoms with Crippen LogP contribution in [0, 0.1) is 0 Å². The molecular formula is C18H21N3O4. The molecule has 1 atom stereocenters. The zero-order chi connectivity index (χ0) is 18.1. The van der Waals surface area contributed by atoms with Crippen LogP contribution >= 0.6 is 0 Å². The number of nitrogens with zero attached hydrogens (tertiary/aromatic N) is 2. The molecule has 7 nitrogen and oxygen atoms in total. The lowest BCUT2D eigenvalue weighted by molar-refractivity contribution is -0.122. The monoisotopic (exact) mass is 343 g/mol.